The van der Waals surface area contributed by atoms with Gasteiger partial charge in [-0.05, 0) is 25.5 Å². The van der Waals surface area contributed by atoms with Crippen molar-refractivity contribution < 1.29 is 14.3 Å². The minimum absolute atomic E-state index is 0.0642. The number of aliphatic hydroxyl groups is 1. The van der Waals surface area contributed by atoms with E-state index in [-0.39, 0.29) is 6.61 Å². The molecule has 2 aromatic rings. The number of nitrogens with one attached hydrogen (secondary N) is 1. The largest absolute Gasteiger partial charge is 0.464 e. The first kappa shape index (κ1) is 15.3. The molecule has 8 heteroatoms. The predicted molar refractivity (Wildman–Crippen MR) is 82.5 cm³/mol. The second-order valence-corrected chi connectivity index (χ2v) is 5.55. The highest BCUT2D eigenvalue weighted by molar-refractivity contribution is 5.82. The molecule has 1 aliphatic heterocycles. The highest BCUT2D eigenvalue weighted by Gasteiger charge is 2.40. The van der Waals surface area contributed by atoms with Crippen LogP contribution in [-0.4, -0.2) is 32.4 Å². The number of primary amides is 1. The summed E-state index contributed by atoms with van der Waals surface area (Å²) in [4.78, 5) is 16.3. The minimum atomic E-state index is -0.694. The summed E-state index contributed by atoms with van der Waals surface area (Å²) in [6.07, 6.45) is 1.10. The van der Waals surface area contributed by atoms with Crippen LogP contribution in [0, 0.1) is 12.8 Å². The number of hydrogen-bond acceptors (Lipinski definition) is 6. The van der Waals surface area contributed by atoms with E-state index in [2.05, 4.69) is 22.0 Å². The van der Waals surface area contributed by atoms with Crippen LogP contribution in [0.15, 0.2) is 28.8 Å². The molecule has 0 aromatic carbocycles. The van der Waals surface area contributed by atoms with Crippen LogP contribution < -0.4 is 11.1 Å². The van der Waals surface area contributed by atoms with Crippen LogP contribution in [0.3, 0.4) is 0 Å². The van der Waals surface area contributed by atoms with Crippen molar-refractivity contribution in [3.8, 4) is 0 Å². The predicted octanol–water partition coefficient (Wildman–Crippen LogP) is 0.735. The molecule has 0 radical (unpaired) electrons. The molecular formula is C15H19N5O3. The van der Waals surface area contributed by atoms with E-state index in [4.69, 9.17) is 15.3 Å². The van der Waals surface area contributed by atoms with E-state index < -0.39 is 17.9 Å². The number of aromatic nitrogens is 3. The molecule has 0 unspecified atom stereocenters. The summed E-state index contributed by atoms with van der Waals surface area (Å²) in [6.45, 7) is 5.79. The Morgan fingerprint density at radius 2 is 2.35 bits per heavy atom. The zero-order valence-corrected chi connectivity index (χ0v) is 12.8. The zero-order chi connectivity index (χ0) is 16.6. The number of nitrogens with zero attached hydrogens (tertiary/aromatic N) is 3. The van der Waals surface area contributed by atoms with Crippen molar-refractivity contribution in [1.82, 2.24) is 14.8 Å². The van der Waals surface area contributed by atoms with Gasteiger partial charge in [0.1, 0.15) is 23.5 Å². The molecule has 2 aromatic heterocycles. The zero-order valence-electron chi connectivity index (χ0n) is 12.8. The van der Waals surface area contributed by atoms with E-state index in [1.807, 2.05) is 13.0 Å². The average Bonchev–Trinajstić information content (AvgIpc) is 3.09. The van der Waals surface area contributed by atoms with Gasteiger partial charge in [-0.1, -0.05) is 6.58 Å². The molecule has 0 bridgehead atoms. The Morgan fingerprint density at radius 3 is 2.96 bits per heavy atom. The third-order valence-corrected chi connectivity index (χ3v) is 3.82. The maximum absolute atomic E-state index is 11.9. The van der Waals surface area contributed by atoms with E-state index in [9.17, 15) is 4.79 Å². The van der Waals surface area contributed by atoms with Crippen LogP contribution in [0.4, 0.5) is 5.95 Å². The van der Waals surface area contributed by atoms with Crippen LogP contribution in [0.2, 0.25) is 0 Å². The van der Waals surface area contributed by atoms with Gasteiger partial charge in [0.15, 0.2) is 5.82 Å². The summed E-state index contributed by atoms with van der Waals surface area (Å²) in [5.41, 5.74) is 6.02. The molecular weight excluding hydrogens is 298 g/mol. The molecule has 23 heavy (non-hydrogen) atoms. The summed E-state index contributed by atoms with van der Waals surface area (Å²) < 4.78 is 7.30. The van der Waals surface area contributed by atoms with Crippen LogP contribution in [0.5, 0.6) is 0 Å². The summed E-state index contributed by atoms with van der Waals surface area (Å²) in [5.74, 6) is 1.16. The van der Waals surface area contributed by atoms with E-state index in [1.165, 1.54) is 0 Å². The molecule has 3 rings (SSSR count). The van der Waals surface area contributed by atoms with Crippen LogP contribution >= 0.6 is 0 Å². The van der Waals surface area contributed by atoms with Crippen molar-refractivity contribution in [2.45, 2.75) is 25.8 Å². The maximum atomic E-state index is 11.9. The van der Waals surface area contributed by atoms with Crippen molar-refractivity contribution in [1.29, 1.82) is 0 Å². The Hall–Kier alpha value is -2.61. The number of fused-ring (bicyclic) bond motifs is 1. The average molecular weight is 317 g/mol. The smallest absolute Gasteiger partial charge is 0.229 e. The van der Waals surface area contributed by atoms with Gasteiger partial charge in [-0.2, -0.15) is 10.1 Å². The topological polar surface area (TPSA) is 119 Å². The standard InChI is InChI=1S/C15H19N5O3/c1-8-5-6-10(23-8)13-12(14(16)22)9(2)17-15-18-11(4-3-7-21)19-20(13)15/h5-6,12-13,21H,2-4,7H2,1H3,(H2,16,22)(H,17,18,19)/t12-,13-/m0/s1. The van der Waals surface area contributed by atoms with Crippen LogP contribution in [0.25, 0.3) is 0 Å². The second kappa shape index (κ2) is 5.88. The maximum Gasteiger partial charge on any atom is 0.229 e. The molecule has 122 valence electrons. The lowest BCUT2D eigenvalue weighted by molar-refractivity contribution is -0.121. The Morgan fingerprint density at radius 1 is 1.57 bits per heavy atom. The number of aryl methyl sites for hydroxylation is 2. The third kappa shape index (κ3) is 2.72. The Bertz CT molecular complexity index is 748. The number of anilines is 1. The molecule has 1 aliphatic rings. The lowest BCUT2D eigenvalue weighted by Gasteiger charge is -2.31. The highest BCUT2D eigenvalue weighted by Crippen LogP contribution is 2.37. The van der Waals surface area contributed by atoms with E-state index in [0.717, 1.165) is 5.76 Å². The van der Waals surface area contributed by atoms with Gasteiger partial charge in [0.05, 0.1) is 0 Å². The number of aliphatic hydroxyl groups excluding tert-OH is 1. The molecule has 0 aliphatic carbocycles. The van der Waals surface area contributed by atoms with Gasteiger partial charge in [-0.3, -0.25) is 4.79 Å². The molecule has 0 saturated carbocycles. The van der Waals surface area contributed by atoms with Crippen LogP contribution in [0.1, 0.15) is 29.8 Å². The second-order valence-electron chi connectivity index (χ2n) is 5.55. The highest BCUT2D eigenvalue weighted by atomic mass is 16.3. The van der Waals surface area contributed by atoms with Gasteiger partial charge in [0, 0.05) is 18.7 Å². The number of hydrogen-bond donors (Lipinski definition) is 3. The van der Waals surface area contributed by atoms with Crippen molar-refractivity contribution in [3.05, 3.63) is 41.8 Å². The van der Waals surface area contributed by atoms with Gasteiger partial charge in [0.25, 0.3) is 0 Å². The normalized spacial score (nSPS) is 20.2. The van der Waals surface area contributed by atoms with Crippen molar-refractivity contribution in [2.75, 3.05) is 11.9 Å². The number of nitrogens with two attached hydrogens (primary N) is 1. The summed E-state index contributed by atoms with van der Waals surface area (Å²) in [6, 6.07) is 3.09. The lowest BCUT2D eigenvalue weighted by Crippen LogP contribution is -2.39. The number of rotatable bonds is 5. The van der Waals surface area contributed by atoms with Crippen molar-refractivity contribution in [2.24, 2.45) is 11.7 Å². The number of amides is 1. The Balaban J connectivity index is 2.07. The molecule has 0 spiro atoms. The fraction of sp³-hybridized carbons (Fsp3) is 0.400. The van der Waals surface area contributed by atoms with E-state index in [0.29, 0.717) is 36.1 Å². The first-order chi connectivity index (χ1) is 11.0. The molecule has 8 nitrogen and oxygen atoms in total. The van der Waals surface area contributed by atoms with Gasteiger partial charge in [-0.15, -0.1) is 0 Å². The number of furan rings is 1. The monoisotopic (exact) mass is 317 g/mol. The Kier molecular flexibility index (Phi) is 3.91. The Labute approximate surface area is 133 Å². The summed E-state index contributed by atoms with van der Waals surface area (Å²) in [7, 11) is 0. The number of carbonyl (C=O) groups excluding carboxylic acids is 1. The van der Waals surface area contributed by atoms with Crippen molar-refractivity contribution in [3.63, 3.8) is 0 Å². The van der Waals surface area contributed by atoms with Crippen LogP contribution in [-0.2, 0) is 11.2 Å². The van der Waals surface area contributed by atoms with Gasteiger partial charge < -0.3 is 20.6 Å². The molecule has 3 heterocycles. The molecule has 1 amide bonds. The van der Waals surface area contributed by atoms with E-state index in [1.54, 1.807) is 10.7 Å². The lowest BCUT2D eigenvalue weighted by atomic mass is 9.92. The first-order valence-corrected chi connectivity index (χ1v) is 7.39. The fourth-order valence-corrected chi connectivity index (χ4v) is 2.77. The number of carbonyl (C=O) groups is 1. The summed E-state index contributed by atoms with van der Waals surface area (Å²) >= 11 is 0. The fourth-order valence-electron chi connectivity index (χ4n) is 2.77. The molecule has 4 N–H and O–H groups in total. The first-order valence-electron chi connectivity index (χ1n) is 7.39. The van der Waals surface area contributed by atoms with Gasteiger partial charge in [0.2, 0.25) is 11.9 Å². The quantitative estimate of drug-likeness (QED) is 0.748. The molecule has 0 saturated heterocycles. The summed E-state index contributed by atoms with van der Waals surface area (Å²) in [5, 5.41) is 16.4. The van der Waals surface area contributed by atoms with Gasteiger partial charge >= 0.3 is 0 Å². The molecule has 2 atom stereocenters. The van der Waals surface area contributed by atoms with E-state index >= 15 is 0 Å². The van der Waals surface area contributed by atoms with Gasteiger partial charge in [-0.25, -0.2) is 4.68 Å². The molecule has 0 fully saturated rings. The minimum Gasteiger partial charge on any atom is -0.464 e. The SMILES string of the molecule is C=C1Nc2nc(CCCO)nn2[C@@H](c2ccc(C)o2)[C@H]1C(N)=O. The van der Waals surface area contributed by atoms with Crippen molar-refractivity contribution >= 4 is 11.9 Å². The third-order valence-electron chi connectivity index (χ3n) is 3.82.